The van der Waals surface area contributed by atoms with Gasteiger partial charge in [0.25, 0.3) is 0 Å². The molecule has 0 rings (SSSR count). The van der Waals surface area contributed by atoms with E-state index in [1.54, 1.807) is 7.05 Å². The highest BCUT2D eigenvalue weighted by molar-refractivity contribution is 7.89. The van der Waals surface area contributed by atoms with Gasteiger partial charge < -0.3 is 5.32 Å². The second kappa shape index (κ2) is 8.03. The van der Waals surface area contributed by atoms with E-state index in [0.717, 1.165) is 25.8 Å². The molecular weight excluding hydrogens is 224 g/mol. The molecule has 0 aromatic rings. The fourth-order valence-electron chi connectivity index (χ4n) is 1.68. The summed E-state index contributed by atoms with van der Waals surface area (Å²) in [5.41, 5.74) is 0. The summed E-state index contributed by atoms with van der Waals surface area (Å²) < 4.78 is 25.4. The van der Waals surface area contributed by atoms with Gasteiger partial charge in [-0.2, -0.15) is 0 Å². The molecule has 4 nitrogen and oxygen atoms in total. The van der Waals surface area contributed by atoms with E-state index >= 15 is 0 Å². The van der Waals surface area contributed by atoms with E-state index in [4.69, 9.17) is 0 Å². The van der Waals surface area contributed by atoms with Crippen molar-refractivity contribution in [2.45, 2.75) is 46.1 Å². The van der Waals surface area contributed by atoms with Gasteiger partial charge in [-0.3, -0.25) is 0 Å². The van der Waals surface area contributed by atoms with Crippen LogP contribution in [0.25, 0.3) is 0 Å². The molecule has 0 unspecified atom stereocenters. The van der Waals surface area contributed by atoms with E-state index < -0.39 is 10.0 Å². The molecule has 1 N–H and O–H groups in total. The van der Waals surface area contributed by atoms with Crippen molar-refractivity contribution in [1.29, 1.82) is 0 Å². The van der Waals surface area contributed by atoms with Crippen molar-refractivity contribution >= 4 is 10.0 Å². The molecule has 0 aliphatic heterocycles. The third-order valence-corrected chi connectivity index (χ3v) is 4.75. The Hall–Kier alpha value is -0.130. The Morgan fingerprint density at radius 3 is 2.12 bits per heavy atom. The number of nitrogens with zero attached hydrogens (tertiary/aromatic N) is 1. The Labute approximate surface area is 100 Å². The predicted molar refractivity (Wildman–Crippen MR) is 69.1 cm³/mol. The van der Waals surface area contributed by atoms with E-state index in [1.165, 1.54) is 4.31 Å². The van der Waals surface area contributed by atoms with Crippen LogP contribution < -0.4 is 5.32 Å². The SMILES string of the molecule is CCCNCCS(=O)(=O)N(C)C(CC)CC. The number of nitrogens with one attached hydrogen (secondary N) is 1. The van der Waals surface area contributed by atoms with Crippen LogP contribution in [-0.4, -0.2) is 44.7 Å². The first-order chi connectivity index (χ1) is 7.49. The van der Waals surface area contributed by atoms with Crippen LogP contribution in [0.1, 0.15) is 40.0 Å². The second-order valence-electron chi connectivity index (χ2n) is 4.05. The normalized spacial score (nSPS) is 12.6. The molecule has 0 fully saturated rings. The smallest absolute Gasteiger partial charge is 0.215 e. The maximum Gasteiger partial charge on any atom is 0.215 e. The summed E-state index contributed by atoms with van der Waals surface area (Å²) in [6, 6.07) is 0.135. The zero-order valence-electron chi connectivity index (χ0n) is 11.0. The molecule has 0 radical (unpaired) electrons. The van der Waals surface area contributed by atoms with Crippen molar-refractivity contribution < 1.29 is 8.42 Å². The van der Waals surface area contributed by atoms with Gasteiger partial charge in [-0.1, -0.05) is 20.8 Å². The van der Waals surface area contributed by atoms with E-state index in [2.05, 4.69) is 12.2 Å². The van der Waals surface area contributed by atoms with Gasteiger partial charge in [0.2, 0.25) is 10.0 Å². The monoisotopic (exact) mass is 250 g/mol. The average molecular weight is 250 g/mol. The number of rotatable bonds is 9. The fraction of sp³-hybridized carbons (Fsp3) is 1.00. The van der Waals surface area contributed by atoms with Crippen LogP contribution in [0.5, 0.6) is 0 Å². The lowest BCUT2D eigenvalue weighted by atomic mass is 10.2. The third kappa shape index (κ3) is 5.27. The largest absolute Gasteiger partial charge is 0.316 e. The van der Waals surface area contributed by atoms with E-state index in [0.29, 0.717) is 6.54 Å². The van der Waals surface area contributed by atoms with Crippen LogP contribution in [0.15, 0.2) is 0 Å². The molecule has 0 aromatic heterocycles. The van der Waals surface area contributed by atoms with Crippen molar-refractivity contribution in [2.24, 2.45) is 0 Å². The van der Waals surface area contributed by atoms with Crippen molar-refractivity contribution in [3.63, 3.8) is 0 Å². The van der Waals surface area contributed by atoms with Crippen LogP contribution >= 0.6 is 0 Å². The zero-order chi connectivity index (χ0) is 12.6. The molecule has 0 aliphatic carbocycles. The van der Waals surface area contributed by atoms with Gasteiger partial charge in [-0.05, 0) is 25.8 Å². The topological polar surface area (TPSA) is 49.4 Å². The van der Waals surface area contributed by atoms with Crippen molar-refractivity contribution in [3.05, 3.63) is 0 Å². The summed E-state index contributed by atoms with van der Waals surface area (Å²) in [7, 11) is -1.41. The van der Waals surface area contributed by atoms with Gasteiger partial charge in [0, 0.05) is 19.6 Å². The van der Waals surface area contributed by atoms with E-state index in [9.17, 15) is 8.42 Å². The summed E-state index contributed by atoms with van der Waals surface area (Å²) in [5.74, 6) is 0.194. The quantitative estimate of drug-likeness (QED) is 0.630. The lowest BCUT2D eigenvalue weighted by molar-refractivity contribution is 0.349. The first-order valence-corrected chi connectivity index (χ1v) is 7.76. The molecule has 0 heterocycles. The van der Waals surface area contributed by atoms with Gasteiger partial charge in [-0.25, -0.2) is 12.7 Å². The molecule has 0 aliphatic rings. The van der Waals surface area contributed by atoms with Crippen molar-refractivity contribution in [2.75, 3.05) is 25.9 Å². The van der Waals surface area contributed by atoms with Gasteiger partial charge in [-0.15, -0.1) is 0 Å². The molecule has 5 heteroatoms. The van der Waals surface area contributed by atoms with Crippen LogP contribution in [0.3, 0.4) is 0 Å². The first kappa shape index (κ1) is 15.9. The maximum absolute atomic E-state index is 11.9. The Bertz CT molecular complexity index is 261. The summed E-state index contributed by atoms with van der Waals surface area (Å²) in [6.45, 7) is 7.54. The lowest BCUT2D eigenvalue weighted by Crippen LogP contribution is -2.40. The fourth-order valence-corrected chi connectivity index (χ4v) is 3.12. The highest BCUT2D eigenvalue weighted by Gasteiger charge is 2.23. The van der Waals surface area contributed by atoms with Crippen molar-refractivity contribution in [1.82, 2.24) is 9.62 Å². The summed E-state index contributed by atoms with van der Waals surface area (Å²) >= 11 is 0. The number of hydrogen-bond donors (Lipinski definition) is 1. The lowest BCUT2D eigenvalue weighted by Gasteiger charge is -2.25. The summed E-state index contributed by atoms with van der Waals surface area (Å²) in [4.78, 5) is 0. The Morgan fingerprint density at radius 2 is 1.69 bits per heavy atom. The molecule has 98 valence electrons. The van der Waals surface area contributed by atoms with E-state index in [-0.39, 0.29) is 11.8 Å². The zero-order valence-corrected chi connectivity index (χ0v) is 11.8. The highest BCUT2D eigenvalue weighted by atomic mass is 32.2. The highest BCUT2D eigenvalue weighted by Crippen LogP contribution is 2.11. The third-order valence-electron chi connectivity index (χ3n) is 2.86. The van der Waals surface area contributed by atoms with Gasteiger partial charge in [0.05, 0.1) is 5.75 Å². The van der Waals surface area contributed by atoms with E-state index in [1.807, 2.05) is 13.8 Å². The second-order valence-corrected chi connectivity index (χ2v) is 6.20. The van der Waals surface area contributed by atoms with Crippen LogP contribution in [-0.2, 0) is 10.0 Å². The molecule has 0 bridgehead atoms. The maximum atomic E-state index is 11.9. The molecule has 0 aromatic carbocycles. The molecule has 0 atom stereocenters. The molecule has 0 saturated carbocycles. The number of sulfonamides is 1. The molecule has 0 spiro atoms. The van der Waals surface area contributed by atoms with Crippen LogP contribution in [0.2, 0.25) is 0 Å². The average Bonchev–Trinajstić information content (AvgIpc) is 2.26. The standard InChI is InChI=1S/C11H26N2O2S/c1-5-8-12-9-10-16(14,15)13(4)11(6-2)7-3/h11-12H,5-10H2,1-4H3. The predicted octanol–water partition coefficient (Wildman–Crippen LogP) is 1.44. The summed E-state index contributed by atoms with van der Waals surface area (Å²) in [5, 5.41) is 3.12. The Balaban J connectivity index is 4.20. The van der Waals surface area contributed by atoms with Gasteiger partial charge in [0.1, 0.15) is 0 Å². The molecular formula is C11H26N2O2S. The molecule has 0 saturated heterocycles. The molecule has 16 heavy (non-hydrogen) atoms. The minimum absolute atomic E-state index is 0.135. The van der Waals surface area contributed by atoms with Crippen LogP contribution in [0.4, 0.5) is 0 Å². The van der Waals surface area contributed by atoms with Gasteiger partial charge >= 0.3 is 0 Å². The minimum atomic E-state index is -3.09. The number of hydrogen-bond acceptors (Lipinski definition) is 3. The van der Waals surface area contributed by atoms with Crippen molar-refractivity contribution in [3.8, 4) is 0 Å². The Morgan fingerprint density at radius 1 is 1.12 bits per heavy atom. The minimum Gasteiger partial charge on any atom is -0.316 e. The first-order valence-electron chi connectivity index (χ1n) is 6.15. The Kier molecular flexibility index (Phi) is 7.97. The molecule has 0 amide bonds. The summed E-state index contributed by atoms with van der Waals surface area (Å²) in [6.07, 6.45) is 2.77. The van der Waals surface area contributed by atoms with Gasteiger partial charge in [0.15, 0.2) is 0 Å². The van der Waals surface area contributed by atoms with Crippen LogP contribution in [0, 0.1) is 0 Å².